The third-order valence-electron chi connectivity index (χ3n) is 5.37. The summed E-state index contributed by atoms with van der Waals surface area (Å²) in [6.07, 6.45) is 3.25. The summed E-state index contributed by atoms with van der Waals surface area (Å²) < 4.78 is 11.1. The van der Waals surface area contributed by atoms with Crippen LogP contribution in [0.15, 0.2) is 29.3 Å². The predicted octanol–water partition coefficient (Wildman–Crippen LogP) is 1.96. The summed E-state index contributed by atoms with van der Waals surface area (Å²) in [5.41, 5.74) is 1.70. The summed E-state index contributed by atoms with van der Waals surface area (Å²) in [4.78, 5) is 21.6. The molecule has 0 saturated carbocycles. The van der Waals surface area contributed by atoms with E-state index in [1.807, 2.05) is 43.3 Å². The van der Waals surface area contributed by atoms with Gasteiger partial charge < -0.3 is 29.9 Å². The lowest BCUT2D eigenvalue weighted by Crippen LogP contribution is -2.47. The third kappa shape index (κ3) is 9.54. The van der Waals surface area contributed by atoms with Crippen LogP contribution in [0, 0.1) is 0 Å². The highest BCUT2D eigenvalue weighted by molar-refractivity contribution is 5.94. The quantitative estimate of drug-likeness (QED) is 0.290. The SMILES string of the molecule is CCNC(=NCc1cccc(C(=O)NCCN(C)C)c1)N1CCC(OCCCOC)CC1. The van der Waals surface area contributed by atoms with Gasteiger partial charge in [-0.2, -0.15) is 0 Å². The fourth-order valence-corrected chi connectivity index (χ4v) is 3.59. The van der Waals surface area contributed by atoms with Crippen LogP contribution < -0.4 is 10.6 Å². The van der Waals surface area contributed by atoms with Crippen molar-refractivity contribution < 1.29 is 14.3 Å². The van der Waals surface area contributed by atoms with Gasteiger partial charge in [-0.25, -0.2) is 4.99 Å². The van der Waals surface area contributed by atoms with Crippen LogP contribution in [-0.2, 0) is 16.0 Å². The van der Waals surface area contributed by atoms with E-state index in [1.54, 1.807) is 7.11 Å². The minimum atomic E-state index is -0.0443. The second-order valence-electron chi connectivity index (χ2n) is 8.33. The van der Waals surface area contributed by atoms with E-state index in [0.717, 1.165) is 70.2 Å². The molecule has 8 nitrogen and oxygen atoms in total. The van der Waals surface area contributed by atoms with Crippen LogP contribution in [0.25, 0.3) is 0 Å². The van der Waals surface area contributed by atoms with Crippen LogP contribution in [0.1, 0.15) is 42.1 Å². The fourth-order valence-electron chi connectivity index (χ4n) is 3.59. The van der Waals surface area contributed by atoms with Gasteiger partial charge in [0.05, 0.1) is 12.6 Å². The van der Waals surface area contributed by atoms with Gasteiger partial charge in [0.15, 0.2) is 5.96 Å². The summed E-state index contributed by atoms with van der Waals surface area (Å²) in [5, 5.41) is 6.37. The number of aliphatic imine (C=N–C) groups is 1. The molecule has 8 heteroatoms. The molecule has 1 fully saturated rings. The van der Waals surface area contributed by atoms with Gasteiger partial charge >= 0.3 is 0 Å². The van der Waals surface area contributed by atoms with Crippen molar-refractivity contribution in [2.75, 3.05) is 67.1 Å². The van der Waals surface area contributed by atoms with E-state index in [1.165, 1.54) is 0 Å². The molecule has 0 bridgehead atoms. The number of nitrogens with one attached hydrogen (secondary N) is 2. The first-order valence-electron chi connectivity index (χ1n) is 11.7. The predicted molar refractivity (Wildman–Crippen MR) is 129 cm³/mol. The molecule has 1 aliphatic rings. The number of carbonyl (C=O) groups excluding carboxylic acids is 1. The molecular formula is C24H41N5O3. The van der Waals surface area contributed by atoms with Crippen LogP contribution in [0.3, 0.4) is 0 Å². The normalized spacial score (nSPS) is 15.3. The van der Waals surface area contributed by atoms with E-state index < -0.39 is 0 Å². The number of likely N-dealkylation sites (N-methyl/N-ethyl adjacent to an activating group) is 1. The van der Waals surface area contributed by atoms with E-state index in [0.29, 0.717) is 24.8 Å². The average Bonchev–Trinajstić information content (AvgIpc) is 2.80. The maximum atomic E-state index is 12.4. The van der Waals surface area contributed by atoms with Crippen molar-refractivity contribution in [3.8, 4) is 0 Å². The van der Waals surface area contributed by atoms with Gasteiger partial charge in [-0.1, -0.05) is 12.1 Å². The number of carbonyl (C=O) groups is 1. The van der Waals surface area contributed by atoms with Crippen LogP contribution >= 0.6 is 0 Å². The fraction of sp³-hybridized carbons (Fsp3) is 0.667. The number of hydrogen-bond donors (Lipinski definition) is 2. The van der Waals surface area contributed by atoms with Crippen molar-refractivity contribution in [1.82, 2.24) is 20.4 Å². The Hall–Kier alpha value is -2.16. The second kappa shape index (κ2) is 14.8. The smallest absolute Gasteiger partial charge is 0.251 e. The van der Waals surface area contributed by atoms with Crippen molar-refractivity contribution in [3.05, 3.63) is 35.4 Å². The number of ether oxygens (including phenoxy) is 2. The Kier molecular flexibility index (Phi) is 12.1. The molecular weight excluding hydrogens is 406 g/mol. The van der Waals surface area contributed by atoms with Gasteiger partial charge in [0.2, 0.25) is 0 Å². The number of likely N-dealkylation sites (tertiary alicyclic amines) is 1. The molecule has 0 spiro atoms. The van der Waals surface area contributed by atoms with Gasteiger partial charge in [0.1, 0.15) is 0 Å². The Balaban J connectivity index is 1.88. The number of amides is 1. The molecule has 2 N–H and O–H groups in total. The van der Waals surface area contributed by atoms with Crippen molar-refractivity contribution in [3.63, 3.8) is 0 Å². The molecule has 0 atom stereocenters. The molecule has 2 rings (SSSR count). The van der Waals surface area contributed by atoms with Crippen LogP contribution in [-0.4, -0.2) is 94.9 Å². The first-order valence-corrected chi connectivity index (χ1v) is 11.7. The van der Waals surface area contributed by atoms with Crippen molar-refractivity contribution in [2.45, 2.75) is 38.8 Å². The summed E-state index contributed by atoms with van der Waals surface area (Å²) in [6, 6.07) is 7.72. The van der Waals surface area contributed by atoms with Crippen LogP contribution in [0.2, 0.25) is 0 Å². The number of hydrogen-bond acceptors (Lipinski definition) is 5. The van der Waals surface area contributed by atoms with Gasteiger partial charge in [-0.05, 0) is 58.0 Å². The summed E-state index contributed by atoms with van der Waals surface area (Å²) in [5.74, 6) is 0.878. The first kappa shape index (κ1) is 26.1. The molecule has 1 saturated heterocycles. The second-order valence-corrected chi connectivity index (χ2v) is 8.33. The Morgan fingerprint density at radius 3 is 2.69 bits per heavy atom. The van der Waals surface area contributed by atoms with Crippen molar-refractivity contribution >= 4 is 11.9 Å². The zero-order valence-corrected chi connectivity index (χ0v) is 20.2. The van der Waals surface area contributed by atoms with E-state index in [4.69, 9.17) is 14.5 Å². The Morgan fingerprint density at radius 2 is 2.00 bits per heavy atom. The molecule has 1 amide bonds. The maximum Gasteiger partial charge on any atom is 0.251 e. The van der Waals surface area contributed by atoms with Gasteiger partial charge in [-0.15, -0.1) is 0 Å². The van der Waals surface area contributed by atoms with E-state index >= 15 is 0 Å². The molecule has 0 radical (unpaired) electrons. The zero-order valence-electron chi connectivity index (χ0n) is 20.2. The lowest BCUT2D eigenvalue weighted by molar-refractivity contribution is 0.00990. The standard InChI is InChI=1S/C24H41N5O3/c1-5-25-24(29-13-10-22(11-14-29)32-17-7-16-31-4)27-19-20-8-6-9-21(18-20)23(30)26-12-15-28(2)3/h6,8-9,18,22H,5,7,10-17,19H2,1-4H3,(H,25,27)(H,26,30). The van der Waals surface area contributed by atoms with Crippen LogP contribution in [0.4, 0.5) is 0 Å². The average molecular weight is 448 g/mol. The monoisotopic (exact) mass is 447 g/mol. The molecule has 0 unspecified atom stereocenters. The number of methoxy groups -OCH3 is 1. The zero-order chi connectivity index (χ0) is 23.2. The van der Waals surface area contributed by atoms with Gasteiger partial charge in [0, 0.05) is 58.6 Å². The highest BCUT2D eigenvalue weighted by atomic mass is 16.5. The summed E-state index contributed by atoms with van der Waals surface area (Å²) >= 11 is 0. The number of guanidine groups is 1. The van der Waals surface area contributed by atoms with E-state index in [-0.39, 0.29) is 5.91 Å². The molecule has 1 heterocycles. The molecule has 0 aromatic heterocycles. The number of benzene rings is 1. The highest BCUT2D eigenvalue weighted by Crippen LogP contribution is 2.15. The van der Waals surface area contributed by atoms with Crippen molar-refractivity contribution in [2.24, 2.45) is 4.99 Å². The van der Waals surface area contributed by atoms with Gasteiger partial charge in [-0.3, -0.25) is 4.79 Å². The number of piperidine rings is 1. The molecule has 1 aromatic rings. The van der Waals surface area contributed by atoms with E-state index in [9.17, 15) is 4.79 Å². The molecule has 1 aliphatic heterocycles. The lowest BCUT2D eigenvalue weighted by Gasteiger charge is -2.34. The van der Waals surface area contributed by atoms with E-state index in [2.05, 4.69) is 22.5 Å². The Morgan fingerprint density at radius 1 is 1.22 bits per heavy atom. The van der Waals surface area contributed by atoms with Crippen LogP contribution in [0.5, 0.6) is 0 Å². The Labute approximate surface area is 193 Å². The molecule has 0 aliphatic carbocycles. The number of rotatable bonds is 12. The highest BCUT2D eigenvalue weighted by Gasteiger charge is 2.21. The summed E-state index contributed by atoms with van der Waals surface area (Å²) in [6.45, 7) is 8.24. The minimum Gasteiger partial charge on any atom is -0.385 e. The largest absolute Gasteiger partial charge is 0.385 e. The Bertz CT molecular complexity index is 703. The third-order valence-corrected chi connectivity index (χ3v) is 5.37. The topological polar surface area (TPSA) is 78.4 Å². The first-order chi connectivity index (χ1) is 15.5. The maximum absolute atomic E-state index is 12.4. The van der Waals surface area contributed by atoms with Crippen molar-refractivity contribution in [1.29, 1.82) is 0 Å². The summed E-state index contributed by atoms with van der Waals surface area (Å²) in [7, 11) is 5.70. The number of nitrogens with zero attached hydrogens (tertiary/aromatic N) is 3. The van der Waals surface area contributed by atoms with Gasteiger partial charge in [0.25, 0.3) is 5.91 Å². The minimum absolute atomic E-state index is 0.0443. The molecule has 180 valence electrons. The lowest BCUT2D eigenvalue weighted by atomic mass is 10.1. The molecule has 1 aromatic carbocycles. The molecule has 32 heavy (non-hydrogen) atoms.